The number of esters is 1. The third kappa shape index (κ3) is 10.6. The molecule has 1 spiro atoms. The molecule has 17 nitrogen and oxygen atoms in total. The van der Waals surface area contributed by atoms with Crippen LogP contribution in [0.4, 0.5) is 5.69 Å². The van der Waals surface area contributed by atoms with Gasteiger partial charge in [-0.1, -0.05) is 59.8 Å². The fourth-order valence-corrected chi connectivity index (χ4v) is 9.53. The molecule has 1 fully saturated rings. The summed E-state index contributed by atoms with van der Waals surface area (Å²) in [5.41, 5.74) is 11.2. The molecule has 17 heteroatoms. The summed E-state index contributed by atoms with van der Waals surface area (Å²) in [6.07, 6.45) is 10.1. The quantitative estimate of drug-likeness (QED) is 0.0848. The van der Waals surface area contributed by atoms with Gasteiger partial charge in [-0.2, -0.15) is 0 Å². The summed E-state index contributed by atoms with van der Waals surface area (Å²) in [4.78, 5) is 54.9. The number of hydrogen-bond donors (Lipinski definition) is 7. The molecule has 0 saturated carbocycles. The Morgan fingerprint density at radius 3 is 2.37 bits per heavy atom. The highest BCUT2D eigenvalue weighted by Gasteiger charge is 2.50. The minimum atomic E-state index is -1.92. The molecule has 0 radical (unpaired) electrons. The van der Waals surface area contributed by atoms with Gasteiger partial charge in [0.1, 0.15) is 35.2 Å². The molecule has 5 bridgehead atoms. The van der Waals surface area contributed by atoms with Crippen LogP contribution in [-0.4, -0.2) is 98.3 Å². The van der Waals surface area contributed by atoms with Crippen molar-refractivity contribution in [2.45, 2.75) is 131 Å². The second kappa shape index (κ2) is 19.6. The second-order valence-corrected chi connectivity index (χ2v) is 20.5. The minimum Gasteiger partial charge on any atom is -0.507 e. The molecule has 2 aromatic carbocycles. The van der Waals surface area contributed by atoms with E-state index in [1.54, 1.807) is 45.9 Å². The average Bonchev–Trinajstić information content (AvgIpc) is 3.74. The van der Waals surface area contributed by atoms with Gasteiger partial charge in [0.25, 0.3) is 11.7 Å². The van der Waals surface area contributed by atoms with Crippen molar-refractivity contribution in [3.05, 3.63) is 69.9 Å². The van der Waals surface area contributed by atoms with E-state index < -0.39 is 58.5 Å². The van der Waals surface area contributed by atoms with Gasteiger partial charge in [-0.25, -0.2) is 5.84 Å². The number of nitrogens with zero attached hydrogens (tertiary/aromatic N) is 4. The lowest BCUT2D eigenvalue weighted by Crippen LogP contribution is -2.44. The first kappa shape index (κ1) is 50.9. The lowest BCUT2D eigenvalue weighted by Gasteiger charge is -2.36. The van der Waals surface area contributed by atoms with Crippen LogP contribution in [0, 0.1) is 36.5 Å². The van der Waals surface area contributed by atoms with Crippen molar-refractivity contribution in [3.8, 4) is 17.2 Å². The van der Waals surface area contributed by atoms with Crippen molar-refractivity contribution < 1.29 is 43.9 Å². The summed E-state index contributed by atoms with van der Waals surface area (Å²) in [5, 5.41) is 40.3. The summed E-state index contributed by atoms with van der Waals surface area (Å²) in [7, 11) is 0. The maximum absolute atomic E-state index is 14.8. The smallest absolute Gasteiger partial charge is 0.327 e. The molecule has 67 heavy (non-hydrogen) atoms. The maximum Gasteiger partial charge on any atom is 0.327 e. The van der Waals surface area contributed by atoms with Gasteiger partial charge in [0.15, 0.2) is 11.4 Å². The zero-order valence-corrected chi connectivity index (χ0v) is 41.0. The Balaban J connectivity index is 1.43. The number of likely N-dealkylation sites (tertiary alicyclic amines) is 1. The maximum atomic E-state index is 14.8. The molecule has 7 atom stereocenters. The third-order valence-electron chi connectivity index (χ3n) is 13.5. The number of fused-ring (bicyclic) bond motifs is 13. The highest BCUT2D eigenvalue weighted by Crippen LogP contribution is 2.50. The number of hydrazine groups is 1. The van der Waals surface area contributed by atoms with Gasteiger partial charge >= 0.3 is 11.8 Å². The number of phenols is 2. The van der Waals surface area contributed by atoms with E-state index in [0.29, 0.717) is 50.3 Å². The minimum absolute atomic E-state index is 0.0205. The van der Waals surface area contributed by atoms with Crippen LogP contribution in [0.3, 0.4) is 0 Å². The van der Waals surface area contributed by atoms with E-state index in [1.807, 2.05) is 33.8 Å². The number of ether oxygens (including phenoxy) is 3. The van der Waals surface area contributed by atoms with Crippen LogP contribution >= 0.6 is 0 Å². The SMILES string of the molecule is C/C1=C/C=C/C(C)C[C@@H](C)C(O)[C@@H](C)[C@H](OC(=O)CN(N)/C=C(\N)C(C)(C)N)[C@H](C)C/C=C/OC2(C)Oc3c(C)c(O)c4c(O)c(c5c(c4c3C2=O)=NC2(CCN(CC(C)C)CC2)N=5)NC1=O. The molecule has 1 amide bonds. The predicted molar refractivity (Wildman–Crippen MR) is 256 cm³/mol. The Morgan fingerprint density at radius 1 is 1.07 bits per heavy atom. The van der Waals surface area contributed by atoms with E-state index in [2.05, 4.69) is 24.1 Å². The number of rotatable bonds is 7. The molecule has 7 rings (SSSR count). The molecule has 5 heterocycles. The number of aliphatic hydroxyl groups excluding tert-OH is 1. The van der Waals surface area contributed by atoms with Crippen LogP contribution in [0.2, 0.25) is 0 Å². The summed E-state index contributed by atoms with van der Waals surface area (Å²) < 4.78 is 18.5. The van der Waals surface area contributed by atoms with E-state index in [9.17, 15) is 29.7 Å². The number of nitrogens with two attached hydrogens (primary N) is 3. The number of nitrogens with one attached hydrogen (secondary N) is 1. The van der Waals surface area contributed by atoms with E-state index in [1.165, 1.54) is 19.4 Å². The lowest BCUT2D eigenvalue weighted by atomic mass is 9.80. The molecule has 0 aromatic heterocycles. The number of amides is 1. The first-order valence-corrected chi connectivity index (χ1v) is 23.4. The molecule has 1 saturated heterocycles. The number of anilines is 1. The number of carbonyl (C=O) groups is 3. The highest BCUT2D eigenvalue weighted by atomic mass is 16.7. The number of ketones is 1. The van der Waals surface area contributed by atoms with Crippen LogP contribution in [-0.2, 0) is 19.1 Å². The topological polar surface area (TPSA) is 261 Å². The first-order valence-electron chi connectivity index (χ1n) is 23.4. The van der Waals surface area contributed by atoms with Crippen molar-refractivity contribution in [2.24, 2.45) is 56.9 Å². The normalized spacial score (nSPS) is 29.1. The van der Waals surface area contributed by atoms with Crippen LogP contribution in [0.5, 0.6) is 17.2 Å². The number of phenolic OH excluding ortho intramolecular Hbond substituents is 2. The van der Waals surface area contributed by atoms with Crippen molar-refractivity contribution in [2.75, 3.05) is 31.5 Å². The fraction of sp³-hybridized carbons (Fsp3) is 0.580. The van der Waals surface area contributed by atoms with Crippen LogP contribution in [0.25, 0.3) is 10.8 Å². The summed E-state index contributed by atoms with van der Waals surface area (Å²) in [5.74, 6) is 0.985. The number of hydrogen-bond acceptors (Lipinski definition) is 16. The number of benzene rings is 2. The molecule has 3 unspecified atom stereocenters. The fourth-order valence-electron chi connectivity index (χ4n) is 9.53. The van der Waals surface area contributed by atoms with Crippen LogP contribution in [0.1, 0.15) is 111 Å². The standard InChI is InChI=1S/C50H72N8O9/c1-26(2)23-57-19-17-50(18-20-57)55-38-35-36-42(61)32(8)45-37(35)46(63)49(11,67-45)65-21-13-16-28(4)44(66-34(59)25-58(53)24-33(51)48(9,10)52)31(7)41(60)30(6)22-27(3)14-12-15-29(5)47(64)54-40(43(36)62)39(38)56-50/h12-15,21,24,26-28,30-31,41,44,60-62H,16-20,22-23,25,51-53H2,1-11H3,(H,54,64)/b14-12+,21-13+,29-15-,33-24-/t27?,28-,30-,31-,41?,44-,49?/m1/s1. The zero-order valence-electron chi connectivity index (χ0n) is 41.0. The van der Waals surface area contributed by atoms with Gasteiger partial charge in [0.05, 0.1) is 34.2 Å². The van der Waals surface area contributed by atoms with Gasteiger partial charge in [-0.15, -0.1) is 0 Å². The van der Waals surface area contributed by atoms with Gasteiger partial charge in [-0.05, 0) is 70.3 Å². The first-order chi connectivity index (χ1) is 31.3. The molecule has 5 aliphatic rings. The highest BCUT2D eigenvalue weighted by molar-refractivity contribution is 6.19. The largest absolute Gasteiger partial charge is 0.507 e. The Bertz CT molecular complexity index is 2520. The molecular formula is C50H72N8O9. The van der Waals surface area contributed by atoms with Crippen LogP contribution < -0.4 is 38.1 Å². The molecule has 0 aliphatic carbocycles. The second-order valence-electron chi connectivity index (χ2n) is 20.5. The Hall–Kier alpha value is -5.49. The predicted octanol–water partition coefficient (Wildman–Crippen LogP) is 4.85. The number of carbonyl (C=O) groups excluding carboxylic acids is 3. The van der Waals surface area contributed by atoms with Crippen LogP contribution in [0.15, 0.2) is 58.0 Å². The number of Topliss-reactive ketones (excluding diaryl/α,β-unsaturated/α-hetero) is 1. The number of allylic oxidation sites excluding steroid dienone is 4. The summed E-state index contributed by atoms with van der Waals surface area (Å²) >= 11 is 0. The Kier molecular flexibility index (Phi) is 14.9. The lowest BCUT2D eigenvalue weighted by molar-refractivity contribution is -0.159. The average molecular weight is 929 g/mol. The molecule has 10 N–H and O–H groups in total. The van der Waals surface area contributed by atoms with Crippen molar-refractivity contribution in [1.29, 1.82) is 0 Å². The number of piperidine rings is 1. The van der Waals surface area contributed by atoms with Gasteiger partial charge < -0.3 is 56.2 Å². The Labute approximate surface area is 393 Å². The summed E-state index contributed by atoms with van der Waals surface area (Å²) in [6.45, 7) is 22.1. The summed E-state index contributed by atoms with van der Waals surface area (Å²) in [6, 6.07) is 0. The van der Waals surface area contributed by atoms with Crippen molar-refractivity contribution in [3.63, 3.8) is 0 Å². The van der Waals surface area contributed by atoms with E-state index in [4.69, 9.17) is 41.5 Å². The van der Waals surface area contributed by atoms with Gasteiger partial charge in [-0.3, -0.25) is 24.4 Å². The molecule has 2 aromatic rings. The zero-order chi connectivity index (χ0) is 49.5. The van der Waals surface area contributed by atoms with E-state index in [-0.39, 0.29) is 79.8 Å². The van der Waals surface area contributed by atoms with Crippen molar-refractivity contribution >= 4 is 34.1 Å². The molecule has 366 valence electrons. The van der Waals surface area contributed by atoms with Gasteiger partial charge in [0.2, 0.25) is 0 Å². The van der Waals surface area contributed by atoms with E-state index >= 15 is 0 Å². The Morgan fingerprint density at radius 2 is 1.73 bits per heavy atom. The van der Waals surface area contributed by atoms with Gasteiger partial charge in [0, 0.05) is 73.7 Å². The number of aliphatic hydroxyl groups is 1. The number of aromatic hydroxyl groups is 2. The van der Waals surface area contributed by atoms with E-state index in [0.717, 1.165) is 11.6 Å². The third-order valence-corrected chi connectivity index (χ3v) is 13.5. The van der Waals surface area contributed by atoms with Crippen molar-refractivity contribution in [1.82, 2.24) is 9.91 Å². The monoisotopic (exact) mass is 929 g/mol. The molecular weight excluding hydrogens is 857 g/mol. The molecule has 5 aliphatic heterocycles.